The van der Waals surface area contributed by atoms with Crippen molar-refractivity contribution >= 4 is 5.78 Å². The van der Waals surface area contributed by atoms with Crippen LogP contribution in [0.4, 0.5) is 0 Å². The van der Waals surface area contributed by atoms with Crippen molar-refractivity contribution < 1.29 is 4.79 Å². The normalized spacial score (nSPS) is 24.5. The first kappa shape index (κ1) is 10.2. The van der Waals surface area contributed by atoms with Gasteiger partial charge in [-0.05, 0) is 38.2 Å². The Hall–Kier alpha value is -0.850. The molecule has 0 fully saturated rings. The van der Waals surface area contributed by atoms with E-state index in [1.807, 2.05) is 6.92 Å². The zero-order valence-electron chi connectivity index (χ0n) is 8.76. The van der Waals surface area contributed by atoms with Gasteiger partial charge in [-0.3, -0.25) is 4.79 Å². The van der Waals surface area contributed by atoms with Gasteiger partial charge in [-0.1, -0.05) is 24.6 Å². The highest BCUT2D eigenvalue weighted by atomic mass is 16.1. The summed E-state index contributed by atoms with van der Waals surface area (Å²) in [6.07, 6.45) is 7.15. The fraction of sp³-hybridized carbons (Fsp3) is 0.583. The molecule has 0 amide bonds. The second kappa shape index (κ2) is 4.40. The smallest absolute Gasteiger partial charge is 0.158 e. The fourth-order valence-corrected chi connectivity index (χ4v) is 1.57. The highest BCUT2D eigenvalue weighted by molar-refractivity contribution is 5.95. The maximum atomic E-state index is 11.4. The molecule has 1 atom stereocenters. The number of hydrogen-bond acceptors (Lipinski definition) is 1. The van der Waals surface area contributed by atoms with Gasteiger partial charge in [0.15, 0.2) is 5.78 Å². The van der Waals surface area contributed by atoms with E-state index >= 15 is 0 Å². The largest absolute Gasteiger partial charge is 0.295 e. The molecule has 0 saturated carbocycles. The maximum Gasteiger partial charge on any atom is 0.158 e. The molecule has 0 aromatic heterocycles. The van der Waals surface area contributed by atoms with Crippen LogP contribution in [0.15, 0.2) is 23.3 Å². The summed E-state index contributed by atoms with van der Waals surface area (Å²) in [6.45, 7) is 6.20. The van der Waals surface area contributed by atoms with Gasteiger partial charge in [0.2, 0.25) is 0 Å². The lowest BCUT2D eigenvalue weighted by Gasteiger charge is -2.16. The number of carbonyl (C=O) groups is 1. The molecule has 0 N–H and O–H groups in total. The molecule has 0 bridgehead atoms. The van der Waals surface area contributed by atoms with Gasteiger partial charge in [0.05, 0.1) is 0 Å². The number of rotatable bonds is 2. The summed E-state index contributed by atoms with van der Waals surface area (Å²) < 4.78 is 0. The van der Waals surface area contributed by atoms with Crippen LogP contribution in [0.5, 0.6) is 0 Å². The summed E-state index contributed by atoms with van der Waals surface area (Å²) in [7, 11) is 0. The third-order valence-corrected chi connectivity index (χ3v) is 2.69. The van der Waals surface area contributed by atoms with Gasteiger partial charge >= 0.3 is 0 Å². The number of hydrogen-bond donors (Lipinski definition) is 0. The Labute approximate surface area is 80.5 Å². The second-order valence-electron chi connectivity index (χ2n) is 3.88. The van der Waals surface area contributed by atoms with Crippen LogP contribution in [-0.2, 0) is 4.79 Å². The summed E-state index contributed by atoms with van der Waals surface area (Å²) in [5.41, 5.74) is 2.34. The van der Waals surface area contributed by atoms with Crippen LogP contribution in [-0.4, -0.2) is 5.78 Å². The van der Waals surface area contributed by atoms with Crippen LogP contribution in [0, 0.1) is 5.92 Å². The van der Waals surface area contributed by atoms with Gasteiger partial charge in [-0.25, -0.2) is 0 Å². The highest BCUT2D eigenvalue weighted by Crippen LogP contribution is 2.23. The van der Waals surface area contributed by atoms with E-state index in [0.717, 1.165) is 18.4 Å². The van der Waals surface area contributed by atoms with E-state index in [1.54, 1.807) is 0 Å². The van der Waals surface area contributed by atoms with E-state index < -0.39 is 0 Å². The average Bonchev–Trinajstić information content (AvgIpc) is 2.11. The van der Waals surface area contributed by atoms with E-state index in [2.05, 4.69) is 26.0 Å². The van der Waals surface area contributed by atoms with Gasteiger partial charge in [0.1, 0.15) is 0 Å². The molecule has 1 rings (SSSR count). The van der Waals surface area contributed by atoms with Crippen LogP contribution in [0.2, 0.25) is 0 Å². The summed E-state index contributed by atoms with van der Waals surface area (Å²) >= 11 is 0. The zero-order valence-corrected chi connectivity index (χ0v) is 8.76. The van der Waals surface area contributed by atoms with Crippen LogP contribution < -0.4 is 0 Å². The molecular weight excluding hydrogens is 160 g/mol. The molecule has 0 radical (unpaired) electrons. The Morgan fingerprint density at radius 2 is 2.38 bits per heavy atom. The molecule has 0 aromatic rings. The predicted octanol–water partition coefficient (Wildman–Crippen LogP) is 3.27. The number of Topliss-reactive ketones (excluding diaryl/α,β-unsaturated/α-hetero) is 1. The molecule has 13 heavy (non-hydrogen) atoms. The predicted molar refractivity (Wildman–Crippen MR) is 55.5 cm³/mol. The van der Waals surface area contributed by atoms with Crippen molar-refractivity contribution in [3.8, 4) is 0 Å². The molecule has 0 spiro atoms. The summed E-state index contributed by atoms with van der Waals surface area (Å²) in [6, 6.07) is 0. The molecule has 1 aliphatic carbocycles. The topological polar surface area (TPSA) is 17.1 Å². The fourth-order valence-electron chi connectivity index (χ4n) is 1.57. The third kappa shape index (κ3) is 2.83. The molecule has 0 aromatic carbocycles. The second-order valence-corrected chi connectivity index (χ2v) is 3.88. The molecular formula is C12H18O. The lowest BCUT2D eigenvalue weighted by molar-refractivity contribution is -0.116. The van der Waals surface area contributed by atoms with Gasteiger partial charge < -0.3 is 0 Å². The lowest BCUT2D eigenvalue weighted by atomic mass is 9.88. The summed E-state index contributed by atoms with van der Waals surface area (Å²) in [4.78, 5) is 11.4. The van der Waals surface area contributed by atoms with Crippen molar-refractivity contribution in [3.05, 3.63) is 23.3 Å². The first-order chi connectivity index (χ1) is 6.13. The van der Waals surface area contributed by atoms with Crippen molar-refractivity contribution in [2.75, 3.05) is 0 Å². The van der Waals surface area contributed by atoms with E-state index in [0.29, 0.717) is 18.1 Å². The minimum Gasteiger partial charge on any atom is -0.295 e. The highest BCUT2D eigenvalue weighted by Gasteiger charge is 2.16. The minimum atomic E-state index is 0.316. The summed E-state index contributed by atoms with van der Waals surface area (Å²) in [5, 5.41) is 0. The summed E-state index contributed by atoms with van der Waals surface area (Å²) in [5.74, 6) is 0.771. The van der Waals surface area contributed by atoms with Crippen molar-refractivity contribution in [2.45, 2.75) is 40.0 Å². The van der Waals surface area contributed by atoms with Gasteiger partial charge in [-0.2, -0.15) is 0 Å². The average molecular weight is 178 g/mol. The zero-order chi connectivity index (χ0) is 9.84. The third-order valence-electron chi connectivity index (χ3n) is 2.69. The van der Waals surface area contributed by atoms with E-state index in [1.165, 1.54) is 5.57 Å². The van der Waals surface area contributed by atoms with Crippen LogP contribution in [0.1, 0.15) is 40.0 Å². The van der Waals surface area contributed by atoms with E-state index in [-0.39, 0.29) is 0 Å². The maximum absolute atomic E-state index is 11.4. The quantitative estimate of drug-likeness (QED) is 0.593. The molecule has 0 aliphatic heterocycles. The standard InChI is InChI=1S/C12H18O/c1-4-9(2)7-11-6-5-10(3)12(13)8-11/h5,7,11H,4,6,8H2,1-3H3/b9-7+. The Morgan fingerprint density at radius 3 is 2.92 bits per heavy atom. The van der Waals surface area contributed by atoms with E-state index in [9.17, 15) is 4.79 Å². The Balaban J connectivity index is 2.63. The van der Waals surface area contributed by atoms with Crippen molar-refractivity contribution in [2.24, 2.45) is 5.92 Å². The Bertz CT molecular complexity index is 258. The van der Waals surface area contributed by atoms with Crippen LogP contribution in [0.25, 0.3) is 0 Å². The molecule has 0 saturated heterocycles. The number of ketones is 1. The van der Waals surface area contributed by atoms with Crippen LogP contribution >= 0.6 is 0 Å². The van der Waals surface area contributed by atoms with Crippen LogP contribution in [0.3, 0.4) is 0 Å². The lowest BCUT2D eigenvalue weighted by Crippen LogP contribution is -2.12. The van der Waals surface area contributed by atoms with Crippen molar-refractivity contribution in [1.82, 2.24) is 0 Å². The molecule has 0 heterocycles. The first-order valence-electron chi connectivity index (χ1n) is 5.00. The number of allylic oxidation sites excluding steroid dienone is 4. The monoisotopic (exact) mass is 178 g/mol. The SMILES string of the molecule is CC/C(C)=C/C1CC=C(C)C(=O)C1. The molecule has 1 heteroatoms. The van der Waals surface area contributed by atoms with Gasteiger partial charge in [0, 0.05) is 6.42 Å². The molecule has 1 nitrogen and oxygen atoms in total. The molecule has 1 aliphatic rings. The number of carbonyl (C=O) groups excluding carboxylic acids is 1. The first-order valence-corrected chi connectivity index (χ1v) is 5.00. The minimum absolute atomic E-state index is 0.316. The van der Waals surface area contributed by atoms with Gasteiger partial charge in [0.25, 0.3) is 0 Å². The Kier molecular flexibility index (Phi) is 3.47. The van der Waals surface area contributed by atoms with Crippen molar-refractivity contribution in [1.29, 1.82) is 0 Å². The van der Waals surface area contributed by atoms with E-state index in [4.69, 9.17) is 0 Å². The van der Waals surface area contributed by atoms with Gasteiger partial charge in [-0.15, -0.1) is 0 Å². The Morgan fingerprint density at radius 1 is 1.69 bits per heavy atom. The molecule has 72 valence electrons. The van der Waals surface area contributed by atoms with Crippen molar-refractivity contribution in [3.63, 3.8) is 0 Å². The molecule has 1 unspecified atom stereocenters.